The summed E-state index contributed by atoms with van der Waals surface area (Å²) in [5.41, 5.74) is 0.906. The molecule has 1 atom stereocenters. The fourth-order valence-electron chi connectivity index (χ4n) is 4.19. The Kier molecular flexibility index (Phi) is 5.74. The van der Waals surface area contributed by atoms with Crippen LogP contribution in [0.3, 0.4) is 0 Å². The highest BCUT2D eigenvalue weighted by atomic mass is 16.7. The second kappa shape index (κ2) is 8.61. The minimum Gasteiger partial charge on any atom is -0.454 e. The average Bonchev–Trinajstić information content (AvgIpc) is 3.22. The molecular formula is C22H25N3O5. The van der Waals surface area contributed by atoms with Crippen molar-refractivity contribution in [1.29, 1.82) is 0 Å². The summed E-state index contributed by atoms with van der Waals surface area (Å²) < 4.78 is 10.8. The molecule has 0 aromatic heterocycles. The summed E-state index contributed by atoms with van der Waals surface area (Å²) in [6.45, 7) is 0.00338. The number of fused-ring (bicyclic) bond motifs is 1. The zero-order chi connectivity index (χ0) is 21.1. The second-order valence-electron chi connectivity index (χ2n) is 7.71. The molecule has 8 heteroatoms. The molecule has 158 valence electrons. The zero-order valence-corrected chi connectivity index (χ0v) is 16.9. The van der Waals surface area contributed by atoms with Crippen LogP contribution in [0.25, 0.3) is 0 Å². The number of para-hydroxylation sites is 1. The Hall–Kier alpha value is -3.29. The summed E-state index contributed by atoms with van der Waals surface area (Å²) >= 11 is 0. The minimum atomic E-state index is -0.885. The quantitative estimate of drug-likeness (QED) is 0.571. The number of likely N-dealkylation sites (N-methyl/N-ethyl adjacent to an activating group) is 1. The van der Waals surface area contributed by atoms with Crippen LogP contribution < -0.4 is 19.7 Å². The SMILES string of the molecule is CN(c1ccccc1)[C@H](C(=O)NC1CCCCC1)c1cc2c(cc1[N+](=O)[O-])OCO2. The van der Waals surface area contributed by atoms with E-state index in [9.17, 15) is 14.9 Å². The molecule has 1 heterocycles. The lowest BCUT2D eigenvalue weighted by atomic mass is 9.94. The smallest absolute Gasteiger partial charge is 0.279 e. The number of carbonyl (C=O) groups is 1. The second-order valence-corrected chi connectivity index (χ2v) is 7.71. The van der Waals surface area contributed by atoms with Crippen molar-refractivity contribution in [3.63, 3.8) is 0 Å². The Balaban J connectivity index is 1.75. The first-order valence-corrected chi connectivity index (χ1v) is 10.2. The predicted octanol–water partition coefficient (Wildman–Crippen LogP) is 3.95. The predicted molar refractivity (Wildman–Crippen MR) is 112 cm³/mol. The van der Waals surface area contributed by atoms with Crippen molar-refractivity contribution in [3.8, 4) is 11.5 Å². The van der Waals surface area contributed by atoms with Gasteiger partial charge in [0.1, 0.15) is 6.04 Å². The van der Waals surface area contributed by atoms with E-state index in [2.05, 4.69) is 5.32 Å². The maximum atomic E-state index is 13.5. The lowest BCUT2D eigenvalue weighted by molar-refractivity contribution is -0.385. The highest BCUT2D eigenvalue weighted by Gasteiger charge is 2.35. The molecular weight excluding hydrogens is 386 g/mol. The van der Waals surface area contributed by atoms with Gasteiger partial charge < -0.3 is 19.7 Å². The highest BCUT2D eigenvalue weighted by molar-refractivity contribution is 5.88. The number of hydrogen-bond acceptors (Lipinski definition) is 6. The van der Waals surface area contributed by atoms with E-state index < -0.39 is 11.0 Å². The van der Waals surface area contributed by atoms with Gasteiger partial charge in [0.15, 0.2) is 11.5 Å². The minimum absolute atomic E-state index is 0.00338. The zero-order valence-electron chi connectivity index (χ0n) is 16.9. The van der Waals surface area contributed by atoms with Crippen molar-refractivity contribution >= 4 is 17.3 Å². The number of nitro groups is 1. The summed E-state index contributed by atoms with van der Waals surface area (Å²) in [6, 6.07) is 11.5. The van der Waals surface area contributed by atoms with Crippen molar-refractivity contribution in [3.05, 3.63) is 58.1 Å². The fourth-order valence-corrected chi connectivity index (χ4v) is 4.19. The standard InChI is InChI=1S/C22H25N3O5/c1-24(16-10-6-3-7-11-16)21(22(26)23-15-8-4-2-5-9-15)17-12-19-20(30-14-29-19)13-18(17)25(27)28/h3,6-7,10-13,15,21H,2,4-5,8-9,14H2,1H3,(H,23,26)/t21-/m0/s1. The van der Waals surface area contributed by atoms with Gasteiger partial charge in [-0.2, -0.15) is 0 Å². The van der Waals surface area contributed by atoms with Crippen LogP contribution in [0.1, 0.15) is 43.7 Å². The van der Waals surface area contributed by atoms with E-state index in [0.717, 1.165) is 31.4 Å². The molecule has 8 nitrogen and oxygen atoms in total. The van der Waals surface area contributed by atoms with Gasteiger partial charge >= 0.3 is 0 Å². The van der Waals surface area contributed by atoms with Crippen molar-refractivity contribution in [1.82, 2.24) is 5.32 Å². The van der Waals surface area contributed by atoms with E-state index >= 15 is 0 Å². The van der Waals surface area contributed by atoms with Crippen molar-refractivity contribution in [2.75, 3.05) is 18.7 Å². The van der Waals surface area contributed by atoms with E-state index in [1.54, 1.807) is 18.0 Å². The Bertz CT molecular complexity index is 928. The number of carbonyl (C=O) groups excluding carboxylic acids is 1. The number of anilines is 1. The van der Waals surface area contributed by atoms with Gasteiger partial charge in [0.05, 0.1) is 16.6 Å². The van der Waals surface area contributed by atoms with Crippen LogP contribution in [-0.2, 0) is 4.79 Å². The summed E-state index contributed by atoms with van der Waals surface area (Å²) in [7, 11) is 1.77. The maximum absolute atomic E-state index is 13.5. The number of amides is 1. The third-order valence-corrected chi connectivity index (χ3v) is 5.76. The van der Waals surface area contributed by atoms with Gasteiger partial charge in [-0.3, -0.25) is 14.9 Å². The normalized spacial score (nSPS) is 16.7. The molecule has 4 rings (SSSR count). The van der Waals surface area contributed by atoms with Crippen LogP contribution in [0.4, 0.5) is 11.4 Å². The molecule has 0 spiro atoms. The Morgan fingerprint density at radius 3 is 2.47 bits per heavy atom. The van der Waals surface area contributed by atoms with Crippen LogP contribution in [-0.4, -0.2) is 30.7 Å². The first-order chi connectivity index (χ1) is 14.5. The first kappa shape index (κ1) is 20.0. The molecule has 0 bridgehead atoms. The molecule has 1 aliphatic heterocycles. The lowest BCUT2D eigenvalue weighted by Crippen LogP contribution is -2.44. The van der Waals surface area contributed by atoms with Gasteiger partial charge in [-0.05, 0) is 31.0 Å². The number of benzene rings is 2. The largest absolute Gasteiger partial charge is 0.454 e. The summed E-state index contributed by atoms with van der Waals surface area (Å²) in [5, 5.41) is 15.0. The third kappa shape index (κ3) is 4.03. The molecule has 2 aromatic rings. The van der Waals surface area contributed by atoms with E-state index in [-0.39, 0.29) is 30.0 Å². The molecule has 1 N–H and O–H groups in total. The number of rotatable bonds is 6. The molecule has 1 aliphatic carbocycles. The topological polar surface area (TPSA) is 93.9 Å². The molecule has 1 amide bonds. The maximum Gasteiger partial charge on any atom is 0.279 e. The Morgan fingerprint density at radius 2 is 1.80 bits per heavy atom. The van der Waals surface area contributed by atoms with Crippen LogP contribution in [0, 0.1) is 10.1 Å². The van der Waals surface area contributed by atoms with Crippen molar-refractivity contribution in [2.45, 2.75) is 44.2 Å². The van der Waals surface area contributed by atoms with Gasteiger partial charge in [-0.1, -0.05) is 37.5 Å². The molecule has 30 heavy (non-hydrogen) atoms. The number of nitrogens with one attached hydrogen (secondary N) is 1. The van der Waals surface area contributed by atoms with Crippen LogP contribution in [0.5, 0.6) is 11.5 Å². The lowest BCUT2D eigenvalue weighted by Gasteiger charge is -2.32. The molecule has 2 aromatic carbocycles. The first-order valence-electron chi connectivity index (χ1n) is 10.2. The van der Waals surface area contributed by atoms with Gasteiger partial charge in [0, 0.05) is 18.8 Å². The van der Waals surface area contributed by atoms with Crippen molar-refractivity contribution < 1.29 is 19.2 Å². The highest BCUT2D eigenvalue weighted by Crippen LogP contribution is 2.42. The molecule has 0 radical (unpaired) electrons. The Morgan fingerprint density at radius 1 is 1.13 bits per heavy atom. The third-order valence-electron chi connectivity index (χ3n) is 5.76. The van der Waals surface area contributed by atoms with Crippen molar-refractivity contribution in [2.24, 2.45) is 0 Å². The van der Waals surface area contributed by atoms with Gasteiger partial charge in [-0.15, -0.1) is 0 Å². The van der Waals surface area contributed by atoms with Crippen LogP contribution in [0.15, 0.2) is 42.5 Å². The number of nitrogens with zero attached hydrogens (tertiary/aromatic N) is 2. The molecule has 2 aliphatic rings. The van der Waals surface area contributed by atoms with Gasteiger partial charge in [-0.25, -0.2) is 0 Å². The summed E-state index contributed by atoms with van der Waals surface area (Å²) in [4.78, 5) is 26.6. The van der Waals surface area contributed by atoms with E-state index in [1.165, 1.54) is 12.5 Å². The Labute approximate surface area is 174 Å². The number of ether oxygens (including phenoxy) is 2. The molecule has 1 saturated carbocycles. The van der Waals surface area contributed by atoms with Crippen LogP contribution in [0.2, 0.25) is 0 Å². The van der Waals surface area contributed by atoms with E-state index in [4.69, 9.17) is 9.47 Å². The number of nitro benzene ring substituents is 1. The molecule has 1 fully saturated rings. The number of hydrogen-bond donors (Lipinski definition) is 1. The van der Waals surface area contributed by atoms with E-state index in [1.807, 2.05) is 30.3 Å². The summed E-state index contributed by atoms with van der Waals surface area (Å²) in [6.07, 6.45) is 5.18. The van der Waals surface area contributed by atoms with Crippen LogP contribution >= 0.6 is 0 Å². The molecule has 0 unspecified atom stereocenters. The monoisotopic (exact) mass is 411 g/mol. The van der Waals surface area contributed by atoms with E-state index in [0.29, 0.717) is 11.5 Å². The summed E-state index contributed by atoms with van der Waals surface area (Å²) in [5.74, 6) is 0.474. The molecule has 0 saturated heterocycles. The van der Waals surface area contributed by atoms with Gasteiger partial charge in [0.25, 0.3) is 5.69 Å². The fraction of sp³-hybridized carbons (Fsp3) is 0.409. The van der Waals surface area contributed by atoms with Gasteiger partial charge in [0.2, 0.25) is 12.7 Å². The average molecular weight is 411 g/mol.